The van der Waals surface area contributed by atoms with Gasteiger partial charge in [-0.25, -0.2) is 18.4 Å². The first kappa shape index (κ1) is 19.0. The molecule has 0 radical (unpaired) electrons. The van der Waals surface area contributed by atoms with Crippen LogP contribution in [0, 0.1) is 0 Å². The Balaban J connectivity index is 2.02. The molecule has 1 aromatic carbocycles. The van der Waals surface area contributed by atoms with E-state index in [1.807, 2.05) is 0 Å². The molecular weight excluding hydrogens is 372 g/mol. The number of nitrogens with two attached hydrogens (primary N) is 1. The van der Waals surface area contributed by atoms with Gasteiger partial charge < -0.3 is 14.5 Å². The molecule has 25 heavy (non-hydrogen) atoms. The van der Waals surface area contributed by atoms with Gasteiger partial charge in [0.15, 0.2) is 6.10 Å². The van der Waals surface area contributed by atoms with Gasteiger partial charge in [-0.05, 0) is 37.3 Å². The number of hydrogen-bond acceptors (Lipinski definition) is 6. The van der Waals surface area contributed by atoms with Crippen molar-refractivity contribution < 1.29 is 27.2 Å². The van der Waals surface area contributed by atoms with Crippen LogP contribution in [0.15, 0.2) is 45.9 Å². The average molecular weight is 387 g/mol. The summed E-state index contributed by atoms with van der Waals surface area (Å²) in [6, 6.07) is 6.83. The molecule has 1 atom stereocenters. The van der Waals surface area contributed by atoms with E-state index in [4.69, 9.17) is 25.9 Å². The Bertz CT molecular complexity index is 879. The summed E-state index contributed by atoms with van der Waals surface area (Å²) in [5.74, 6) is -0.880. The highest BCUT2D eigenvalue weighted by Crippen LogP contribution is 2.22. The first-order chi connectivity index (χ1) is 11.7. The van der Waals surface area contributed by atoms with E-state index in [2.05, 4.69) is 5.32 Å². The number of furan rings is 1. The molecule has 0 saturated heterocycles. The third-order valence-corrected chi connectivity index (χ3v) is 4.54. The number of halogens is 1. The summed E-state index contributed by atoms with van der Waals surface area (Å²) >= 11 is 5.75. The summed E-state index contributed by atoms with van der Waals surface area (Å²) in [5.41, 5.74) is -0.0980. The zero-order valence-corrected chi connectivity index (χ0v) is 14.6. The predicted octanol–water partition coefficient (Wildman–Crippen LogP) is 1.44. The van der Waals surface area contributed by atoms with Crippen LogP contribution in [0.4, 0.5) is 0 Å². The van der Waals surface area contributed by atoms with Gasteiger partial charge in [0.25, 0.3) is 5.91 Å². The number of sulfonamides is 1. The minimum absolute atomic E-state index is 0.0980. The summed E-state index contributed by atoms with van der Waals surface area (Å²) in [7, 11) is -4.10. The van der Waals surface area contributed by atoms with Gasteiger partial charge in [-0.3, -0.25) is 4.79 Å². The van der Waals surface area contributed by atoms with Crippen molar-refractivity contribution in [2.24, 2.45) is 5.14 Å². The van der Waals surface area contributed by atoms with E-state index in [-0.39, 0.29) is 17.1 Å². The second-order valence-corrected chi connectivity index (χ2v) is 6.97. The lowest BCUT2D eigenvalue weighted by atomic mass is 10.2. The first-order valence-corrected chi connectivity index (χ1v) is 8.94. The molecular formula is C15H15ClN2O6S. The molecule has 2 aromatic rings. The highest BCUT2D eigenvalue weighted by atomic mass is 35.5. The largest absolute Gasteiger partial charge is 0.467 e. The van der Waals surface area contributed by atoms with Crippen molar-refractivity contribution in [3.8, 4) is 0 Å². The van der Waals surface area contributed by atoms with Crippen molar-refractivity contribution in [2.75, 3.05) is 0 Å². The number of amides is 1. The quantitative estimate of drug-likeness (QED) is 0.723. The number of benzene rings is 1. The number of carbonyl (C=O) groups excluding carboxylic acids is 2. The zero-order chi connectivity index (χ0) is 18.6. The standard InChI is InChI=1S/C15H15ClN2O6S/c1-9(14(19)18-8-11-3-2-6-23-11)24-15(20)10-4-5-12(16)13(7-10)25(17,21)22/h2-7,9H,8H2,1H3,(H,18,19)(H2,17,21,22)/t9-/m1/s1. The molecule has 1 heterocycles. The zero-order valence-electron chi connectivity index (χ0n) is 13.1. The molecule has 0 saturated carbocycles. The Morgan fingerprint density at radius 2 is 2.08 bits per heavy atom. The lowest BCUT2D eigenvalue weighted by Gasteiger charge is -2.13. The lowest BCUT2D eigenvalue weighted by Crippen LogP contribution is -2.35. The van der Waals surface area contributed by atoms with E-state index < -0.39 is 32.9 Å². The molecule has 0 aliphatic carbocycles. The second-order valence-electron chi connectivity index (χ2n) is 5.03. The number of carbonyl (C=O) groups is 2. The highest BCUT2D eigenvalue weighted by molar-refractivity contribution is 7.89. The van der Waals surface area contributed by atoms with Gasteiger partial charge in [0.05, 0.1) is 23.4 Å². The van der Waals surface area contributed by atoms with Gasteiger partial charge in [0.1, 0.15) is 10.7 Å². The van der Waals surface area contributed by atoms with Crippen LogP contribution in [0.2, 0.25) is 5.02 Å². The van der Waals surface area contributed by atoms with Gasteiger partial charge in [0.2, 0.25) is 10.0 Å². The van der Waals surface area contributed by atoms with Crippen LogP contribution in [-0.4, -0.2) is 26.4 Å². The van der Waals surface area contributed by atoms with Crippen LogP contribution in [-0.2, 0) is 26.1 Å². The minimum atomic E-state index is -4.10. The topological polar surface area (TPSA) is 129 Å². The Kier molecular flexibility index (Phi) is 5.83. The maximum Gasteiger partial charge on any atom is 0.338 e. The van der Waals surface area contributed by atoms with E-state index in [1.165, 1.54) is 25.3 Å². The number of hydrogen-bond donors (Lipinski definition) is 2. The average Bonchev–Trinajstić information content (AvgIpc) is 3.05. The third-order valence-electron chi connectivity index (χ3n) is 3.14. The van der Waals surface area contributed by atoms with Crippen LogP contribution in [0.1, 0.15) is 23.0 Å². The molecule has 0 unspecified atom stereocenters. The third kappa shape index (κ3) is 5.05. The highest BCUT2D eigenvalue weighted by Gasteiger charge is 2.21. The number of primary sulfonamides is 1. The summed E-state index contributed by atoms with van der Waals surface area (Å²) < 4.78 is 32.9. The molecule has 0 fully saturated rings. The molecule has 0 spiro atoms. The van der Waals surface area contributed by atoms with Gasteiger partial charge in [0, 0.05) is 0 Å². The van der Waals surface area contributed by atoms with Gasteiger partial charge >= 0.3 is 5.97 Å². The van der Waals surface area contributed by atoms with Gasteiger partial charge in [-0.2, -0.15) is 0 Å². The Hall–Kier alpha value is -2.36. The van der Waals surface area contributed by atoms with E-state index in [0.29, 0.717) is 5.76 Å². The molecule has 2 rings (SSSR count). The van der Waals surface area contributed by atoms with Crippen molar-refractivity contribution >= 4 is 33.5 Å². The van der Waals surface area contributed by atoms with Crippen molar-refractivity contribution in [1.82, 2.24) is 5.32 Å². The van der Waals surface area contributed by atoms with E-state index in [1.54, 1.807) is 12.1 Å². The van der Waals surface area contributed by atoms with Crippen LogP contribution >= 0.6 is 11.6 Å². The molecule has 0 aliphatic heterocycles. The maximum atomic E-state index is 12.1. The predicted molar refractivity (Wildman–Crippen MR) is 88.3 cm³/mol. The fourth-order valence-corrected chi connectivity index (χ4v) is 2.93. The Labute approximate surface area is 148 Å². The maximum absolute atomic E-state index is 12.1. The van der Waals surface area contributed by atoms with E-state index in [9.17, 15) is 18.0 Å². The summed E-state index contributed by atoms with van der Waals surface area (Å²) in [5, 5.41) is 7.44. The lowest BCUT2D eigenvalue weighted by molar-refractivity contribution is -0.129. The van der Waals surface area contributed by atoms with Gasteiger partial charge in [-0.15, -0.1) is 0 Å². The van der Waals surface area contributed by atoms with Crippen LogP contribution in [0.5, 0.6) is 0 Å². The molecule has 0 aliphatic rings. The normalized spacial score (nSPS) is 12.4. The van der Waals surface area contributed by atoms with Crippen LogP contribution in [0.25, 0.3) is 0 Å². The smallest absolute Gasteiger partial charge is 0.338 e. The molecule has 0 bridgehead atoms. The fraction of sp³-hybridized carbons (Fsp3) is 0.200. The summed E-state index contributed by atoms with van der Waals surface area (Å²) in [4.78, 5) is 23.6. The van der Waals surface area contributed by atoms with Gasteiger partial charge in [-0.1, -0.05) is 11.6 Å². The minimum Gasteiger partial charge on any atom is -0.467 e. The van der Waals surface area contributed by atoms with Crippen molar-refractivity contribution in [2.45, 2.75) is 24.5 Å². The van der Waals surface area contributed by atoms with Crippen LogP contribution < -0.4 is 10.5 Å². The molecule has 1 aromatic heterocycles. The monoisotopic (exact) mass is 386 g/mol. The van der Waals surface area contributed by atoms with Crippen LogP contribution in [0.3, 0.4) is 0 Å². The Morgan fingerprint density at radius 3 is 2.68 bits per heavy atom. The molecule has 8 nitrogen and oxygen atoms in total. The molecule has 134 valence electrons. The SMILES string of the molecule is C[C@@H](OC(=O)c1ccc(Cl)c(S(N)(=O)=O)c1)C(=O)NCc1ccco1. The molecule has 1 amide bonds. The van der Waals surface area contributed by atoms with Crippen molar-refractivity contribution in [3.05, 3.63) is 52.9 Å². The Morgan fingerprint density at radius 1 is 1.36 bits per heavy atom. The van der Waals surface area contributed by atoms with Crippen molar-refractivity contribution in [3.63, 3.8) is 0 Å². The summed E-state index contributed by atoms with van der Waals surface area (Å²) in [6.45, 7) is 1.52. The van der Waals surface area contributed by atoms with E-state index in [0.717, 1.165) is 6.07 Å². The number of nitrogens with one attached hydrogen (secondary N) is 1. The number of rotatable bonds is 6. The van der Waals surface area contributed by atoms with Crippen molar-refractivity contribution in [1.29, 1.82) is 0 Å². The second kappa shape index (κ2) is 7.68. The summed E-state index contributed by atoms with van der Waals surface area (Å²) in [6.07, 6.45) is 0.366. The van der Waals surface area contributed by atoms with E-state index >= 15 is 0 Å². The molecule has 10 heteroatoms. The number of esters is 1. The first-order valence-electron chi connectivity index (χ1n) is 7.02. The fourth-order valence-electron chi connectivity index (χ4n) is 1.86. The number of ether oxygens (including phenoxy) is 1. The molecule has 3 N–H and O–H groups in total.